The van der Waals surface area contributed by atoms with Crippen LogP contribution in [0, 0.1) is 11.7 Å². The van der Waals surface area contributed by atoms with Gasteiger partial charge in [-0.1, -0.05) is 0 Å². The second kappa shape index (κ2) is 4.67. The summed E-state index contributed by atoms with van der Waals surface area (Å²) in [5.41, 5.74) is 1.74. The van der Waals surface area contributed by atoms with Gasteiger partial charge in [0.05, 0.1) is 0 Å². The molecule has 0 amide bonds. The number of imidazole rings is 1. The lowest BCUT2D eigenvalue weighted by atomic mass is 10.3. The van der Waals surface area contributed by atoms with E-state index in [4.69, 9.17) is 12.2 Å². The smallest absolute Gasteiger partial charge is 0.387 e. The van der Waals surface area contributed by atoms with Gasteiger partial charge >= 0.3 is 6.61 Å². The van der Waals surface area contributed by atoms with Crippen LogP contribution in [0.1, 0.15) is 5.69 Å². The van der Waals surface area contributed by atoms with Gasteiger partial charge in [0.2, 0.25) is 0 Å². The summed E-state index contributed by atoms with van der Waals surface area (Å²) in [6.45, 7) is -0.910. The Hall–Kier alpha value is -1.69. The van der Waals surface area contributed by atoms with Crippen LogP contribution in [0.5, 0.6) is 5.75 Å². The van der Waals surface area contributed by atoms with E-state index >= 15 is 0 Å². The number of benzene rings is 1. The molecule has 0 spiro atoms. The van der Waals surface area contributed by atoms with E-state index in [1.54, 1.807) is 18.3 Å². The van der Waals surface area contributed by atoms with E-state index in [0.29, 0.717) is 4.77 Å². The maximum absolute atomic E-state index is 12.0. The lowest BCUT2D eigenvalue weighted by Gasteiger charge is -2.07. The van der Waals surface area contributed by atoms with Crippen molar-refractivity contribution < 1.29 is 13.5 Å². The fraction of sp³-hybridized carbons (Fsp3) is 0.182. The number of rotatable bonds is 3. The summed E-state index contributed by atoms with van der Waals surface area (Å²) in [4.78, 5) is 2.91. The third kappa shape index (κ3) is 2.52. The molecule has 6 heteroatoms. The van der Waals surface area contributed by atoms with Crippen molar-refractivity contribution in [2.75, 3.05) is 0 Å². The molecule has 1 heterocycles. The quantitative estimate of drug-likeness (QED) is 0.852. The zero-order chi connectivity index (χ0) is 12.4. The Morgan fingerprint density at radius 1 is 1.29 bits per heavy atom. The minimum atomic E-state index is -2.81. The summed E-state index contributed by atoms with van der Waals surface area (Å²) in [6, 6.07) is 6.31. The molecule has 2 rings (SSSR count). The molecular formula is C11H10F2N2OS. The summed E-state index contributed by atoms with van der Waals surface area (Å²) in [5.74, 6) is 0.128. The molecule has 2 aromatic rings. The highest BCUT2D eigenvalue weighted by atomic mass is 32.1. The zero-order valence-electron chi connectivity index (χ0n) is 8.98. The number of hydrogen-bond acceptors (Lipinski definition) is 2. The average Bonchev–Trinajstić information content (AvgIpc) is 2.59. The number of ether oxygens (including phenoxy) is 1. The number of halogens is 2. The van der Waals surface area contributed by atoms with Crippen LogP contribution in [0.3, 0.4) is 0 Å². The Kier molecular flexibility index (Phi) is 3.23. The van der Waals surface area contributed by atoms with Crippen molar-refractivity contribution in [2.24, 2.45) is 0 Å². The van der Waals surface area contributed by atoms with Crippen LogP contribution in [-0.4, -0.2) is 16.2 Å². The van der Waals surface area contributed by atoms with E-state index in [2.05, 4.69) is 9.72 Å². The molecule has 90 valence electrons. The van der Waals surface area contributed by atoms with Gasteiger partial charge in [0, 0.05) is 17.6 Å². The van der Waals surface area contributed by atoms with Gasteiger partial charge in [-0.05, 0) is 43.4 Å². The number of nitrogens with zero attached hydrogens (tertiary/aromatic N) is 1. The first-order valence-corrected chi connectivity index (χ1v) is 5.31. The Labute approximate surface area is 102 Å². The van der Waals surface area contributed by atoms with Crippen molar-refractivity contribution >= 4 is 12.2 Å². The maximum Gasteiger partial charge on any atom is 0.387 e. The highest BCUT2D eigenvalue weighted by Crippen LogP contribution is 2.18. The van der Waals surface area contributed by atoms with Crippen molar-refractivity contribution in [1.82, 2.24) is 9.55 Å². The molecule has 17 heavy (non-hydrogen) atoms. The summed E-state index contributed by atoms with van der Waals surface area (Å²) in [6.07, 6.45) is 1.78. The summed E-state index contributed by atoms with van der Waals surface area (Å²) < 4.78 is 30.6. The average molecular weight is 256 g/mol. The SMILES string of the molecule is Cc1c[nH]c(=S)n1-c1ccc(OC(F)F)cc1. The van der Waals surface area contributed by atoms with Gasteiger partial charge < -0.3 is 9.72 Å². The molecule has 1 aromatic heterocycles. The maximum atomic E-state index is 12.0. The molecule has 0 saturated carbocycles. The minimum Gasteiger partial charge on any atom is -0.435 e. The molecule has 0 bridgehead atoms. The Balaban J connectivity index is 2.33. The molecule has 1 aromatic carbocycles. The normalized spacial score (nSPS) is 10.8. The zero-order valence-corrected chi connectivity index (χ0v) is 9.80. The van der Waals surface area contributed by atoms with Crippen LogP contribution in [0.2, 0.25) is 0 Å². The van der Waals surface area contributed by atoms with Gasteiger partial charge in [-0.3, -0.25) is 4.57 Å². The minimum absolute atomic E-state index is 0.128. The summed E-state index contributed by atoms with van der Waals surface area (Å²) in [7, 11) is 0. The number of hydrogen-bond donors (Lipinski definition) is 1. The highest BCUT2D eigenvalue weighted by Gasteiger charge is 2.05. The van der Waals surface area contributed by atoms with Crippen LogP contribution in [0.4, 0.5) is 8.78 Å². The van der Waals surface area contributed by atoms with Crippen LogP contribution in [0.15, 0.2) is 30.5 Å². The largest absolute Gasteiger partial charge is 0.435 e. The first kappa shape index (κ1) is 11.8. The molecule has 0 aliphatic carbocycles. The Morgan fingerprint density at radius 2 is 1.94 bits per heavy atom. The molecule has 3 nitrogen and oxygen atoms in total. The number of aromatic amines is 1. The van der Waals surface area contributed by atoms with E-state index in [1.165, 1.54) is 12.1 Å². The second-order valence-electron chi connectivity index (χ2n) is 3.44. The van der Waals surface area contributed by atoms with Gasteiger partial charge in [0.15, 0.2) is 4.77 Å². The van der Waals surface area contributed by atoms with Crippen molar-refractivity contribution in [3.05, 3.63) is 40.9 Å². The van der Waals surface area contributed by atoms with Crippen LogP contribution >= 0.6 is 12.2 Å². The van der Waals surface area contributed by atoms with E-state index in [9.17, 15) is 8.78 Å². The number of aryl methyl sites for hydroxylation is 1. The first-order chi connectivity index (χ1) is 8.08. The van der Waals surface area contributed by atoms with Gasteiger partial charge in [-0.25, -0.2) is 0 Å². The van der Waals surface area contributed by atoms with Crippen molar-refractivity contribution in [2.45, 2.75) is 13.5 Å². The topological polar surface area (TPSA) is 29.9 Å². The van der Waals surface area contributed by atoms with Crippen molar-refractivity contribution in [3.8, 4) is 11.4 Å². The highest BCUT2D eigenvalue weighted by molar-refractivity contribution is 7.71. The molecular weight excluding hydrogens is 246 g/mol. The van der Waals surface area contributed by atoms with E-state index in [-0.39, 0.29) is 5.75 Å². The number of alkyl halides is 2. The van der Waals surface area contributed by atoms with E-state index in [0.717, 1.165) is 11.4 Å². The fourth-order valence-corrected chi connectivity index (χ4v) is 1.86. The van der Waals surface area contributed by atoms with Gasteiger partial charge in [-0.2, -0.15) is 8.78 Å². The standard InChI is InChI=1S/C11H10F2N2OS/c1-7-6-14-11(17)15(7)8-2-4-9(5-3-8)16-10(12)13/h2-6,10H,1H3,(H,14,17). The predicted molar refractivity (Wildman–Crippen MR) is 62.3 cm³/mol. The predicted octanol–water partition coefficient (Wildman–Crippen LogP) is 3.44. The molecule has 0 radical (unpaired) electrons. The lowest BCUT2D eigenvalue weighted by Crippen LogP contribution is -2.02. The van der Waals surface area contributed by atoms with Crippen molar-refractivity contribution in [3.63, 3.8) is 0 Å². The molecule has 0 unspecified atom stereocenters. The van der Waals surface area contributed by atoms with Crippen LogP contribution < -0.4 is 4.74 Å². The summed E-state index contributed by atoms with van der Waals surface area (Å²) >= 11 is 5.11. The van der Waals surface area contributed by atoms with Crippen LogP contribution in [0.25, 0.3) is 5.69 Å². The van der Waals surface area contributed by atoms with E-state index < -0.39 is 6.61 Å². The number of aromatic nitrogens is 2. The second-order valence-corrected chi connectivity index (χ2v) is 3.83. The monoisotopic (exact) mass is 256 g/mol. The number of H-pyrrole nitrogens is 1. The Bertz CT molecular complexity index is 560. The first-order valence-electron chi connectivity index (χ1n) is 4.90. The van der Waals surface area contributed by atoms with Crippen LogP contribution in [-0.2, 0) is 0 Å². The third-order valence-corrected chi connectivity index (χ3v) is 2.58. The Morgan fingerprint density at radius 3 is 2.41 bits per heavy atom. The number of nitrogens with one attached hydrogen (secondary N) is 1. The fourth-order valence-electron chi connectivity index (χ4n) is 1.55. The third-order valence-electron chi connectivity index (χ3n) is 2.28. The molecule has 0 atom stereocenters. The van der Waals surface area contributed by atoms with Gasteiger partial charge in [0.25, 0.3) is 0 Å². The lowest BCUT2D eigenvalue weighted by molar-refractivity contribution is -0.0498. The molecule has 0 saturated heterocycles. The molecule has 1 N–H and O–H groups in total. The van der Waals surface area contributed by atoms with E-state index in [1.807, 2.05) is 11.5 Å². The van der Waals surface area contributed by atoms with Gasteiger partial charge in [0.1, 0.15) is 5.75 Å². The molecule has 0 aliphatic heterocycles. The molecule has 0 fully saturated rings. The van der Waals surface area contributed by atoms with Gasteiger partial charge in [-0.15, -0.1) is 0 Å². The molecule has 0 aliphatic rings. The van der Waals surface area contributed by atoms with Crippen molar-refractivity contribution in [1.29, 1.82) is 0 Å². The summed E-state index contributed by atoms with van der Waals surface area (Å²) in [5, 5.41) is 0.